The van der Waals surface area contributed by atoms with Crippen LogP contribution in [-0.2, 0) is 6.61 Å². The lowest BCUT2D eigenvalue weighted by Crippen LogP contribution is -1.98. The zero-order valence-electron chi connectivity index (χ0n) is 13.7. The van der Waals surface area contributed by atoms with Crippen LogP contribution in [0.1, 0.15) is 17.1 Å². The number of aromatic nitrogens is 5. The van der Waals surface area contributed by atoms with Crippen molar-refractivity contribution in [2.45, 2.75) is 6.61 Å². The molecule has 0 bridgehead atoms. The molecule has 0 radical (unpaired) electrons. The molecule has 0 spiro atoms. The molecule has 0 amide bonds. The fraction of sp³-hybridized carbons (Fsp3) is 0.0526. The Morgan fingerprint density at radius 3 is 2.58 bits per heavy atom. The van der Waals surface area contributed by atoms with Crippen LogP contribution in [0.15, 0.2) is 60.7 Å². The number of hydrogen-bond acceptors (Lipinski definition) is 5. The number of rotatable bonds is 5. The number of nitrogens with zero attached hydrogens (tertiary/aromatic N) is 4. The molecular formula is C19H16ClN5O. The van der Waals surface area contributed by atoms with Gasteiger partial charge in [-0.25, -0.2) is 4.98 Å². The number of para-hydroxylation sites is 1. The lowest BCUT2D eigenvalue weighted by atomic mass is 10.2. The molecule has 2 aromatic heterocycles. The van der Waals surface area contributed by atoms with Crippen molar-refractivity contribution < 1.29 is 4.74 Å². The molecule has 4 rings (SSSR count). The maximum absolute atomic E-state index is 5.82. The molecule has 0 aliphatic heterocycles. The van der Waals surface area contributed by atoms with Gasteiger partial charge in [0.2, 0.25) is 0 Å². The first-order valence-corrected chi connectivity index (χ1v) is 7.86. The molecule has 0 atom stereocenters. The Balaban J connectivity index is 0.00000196. The molecule has 6 nitrogen and oxygen atoms in total. The third-order valence-corrected chi connectivity index (χ3v) is 3.71. The van der Waals surface area contributed by atoms with Gasteiger partial charge in [0.15, 0.2) is 5.82 Å². The molecule has 0 saturated heterocycles. The topological polar surface area (TPSA) is 76.6 Å². The van der Waals surface area contributed by atoms with Crippen LogP contribution in [0.5, 0.6) is 5.75 Å². The summed E-state index contributed by atoms with van der Waals surface area (Å²) in [4.78, 5) is 4.61. The standard InChI is InChI=1S/C19H15N5O.ClH/c1-2-4-18-15(3-1)8-9-16(20-18)13-25-17-10-5-14(6-11-17)7-12-19-21-23-24-22-19;/h1-12H,13H2,(H,21,22,23,24);1H. The van der Waals surface area contributed by atoms with E-state index in [0.29, 0.717) is 12.4 Å². The van der Waals surface area contributed by atoms with Gasteiger partial charge in [0.05, 0.1) is 11.2 Å². The Kier molecular flexibility index (Phi) is 5.56. The maximum atomic E-state index is 5.82. The zero-order chi connectivity index (χ0) is 16.9. The van der Waals surface area contributed by atoms with E-state index in [1.165, 1.54) is 0 Å². The third kappa shape index (κ3) is 4.23. The molecule has 0 fully saturated rings. The molecule has 0 aliphatic carbocycles. The average Bonchev–Trinajstić information content (AvgIpc) is 3.19. The summed E-state index contributed by atoms with van der Waals surface area (Å²) in [6.07, 6.45) is 3.71. The zero-order valence-corrected chi connectivity index (χ0v) is 14.6. The number of tetrazole rings is 1. The Labute approximate surface area is 156 Å². The minimum atomic E-state index is 0. The van der Waals surface area contributed by atoms with Crippen LogP contribution < -0.4 is 4.74 Å². The van der Waals surface area contributed by atoms with E-state index in [0.717, 1.165) is 27.9 Å². The van der Waals surface area contributed by atoms with Gasteiger partial charge in [0.25, 0.3) is 0 Å². The summed E-state index contributed by atoms with van der Waals surface area (Å²) >= 11 is 0. The van der Waals surface area contributed by atoms with E-state index < -0.39 is 0 Å². The van der Waals surface area contributed by atoms with E-state index >= 15 is 0 Å². The van der Waals surface area contributed by atoms with Crippen molar-refractivity contribution in [3.63, 3.8) is 0 Å². The molecule has 0 saturated carbocycles. The molecule has 4 aromatic rings. The minimum Gasteiger partial charge on any atom is -0.487 e. The Morgan fingerprint density at radius 2 is 1.77 bits per heavy atom. The Morgan fingerprint density at radius 1 is 0.923 bits per heavy atom. The third-order valence-electron chi connectivity index (χ3n) is 3.71. The number of benzene rings is 2. The van der Waals surface area contributed by atoms with Crippen molar-refractivity contribution in [2.24, 2.45) is 0 Å². The highest BCUT2D eigenvalue weighted by atomic mass is 35.5. The van der Waals surface area contributed by atoms with Crippen molar-refractivity contribution in [1.29, 1.82) is 0 Å². The van der Waals surface area contributed by atoms with Crippen molar-refractivity contribution in [3.05, 3.63) is 77.7 Å². The summed E-state index contributed by atoms with van der Waals surface area (Å²) in [6.45, 7) is 0.433. The van der Waals surface area contributed by atoms with Crippen LogP contribution >= 0.6 is 12.4 Å². The molecule has 130 valence electrons. The second kappa shape index (κ2) is 8.22. The molecule has 2 heterocycles. The van der Waals surface area contributed by atoms with Crippen LogP contribution in [0.2, 0.25) is 0 Å². The van der Waals surface area contributed by atoms with Crippen LogP contribution in [0, 0.1) is 0 Å². The molecular weight excluding hydrogens is 350 g/mol. The lowest BCUT2D eigenvalue weighted by molar-refractivity contribution is 0.302. The number of hydrogen-bond donors (Lipinski definition) is 1. The molecule has 1 N–H and O–H groups in total. The minimum absolute atomic E-state index is 0. The quantitative estimate of drug-likeness (QED) is 0.580. The summed E-state index contributed by atoms with van der Waals surface area (Å²) in [6, 6.07) is 19.9. The Hall–Kier alpha value is -3.25. The average molecular weight is 366 g/mol. The fourth-order valence-corrected chi connectivity index (χ4v) is 2.43. The molecule has 0 unspecified atom stereocenters. The van der Waals surface area contributed by atoms with E-state index in [9.17, 15) is 0 Å². The van der Waals surface area contributed by atoms with E-state index in [2.05, 4.69) is 31.7 Å². The molecule has 7 heteroatoms. The van der Waals surface area contributed by atoms with Crippen LogP contribution in [0.25, 0.3) is 23.1 Å². The number of ether oxygens (including phenoxy) is 1. The summed E-state index contributed by atoms with van der Waals surface area (Å²) in [5, 5.41) is 14.8. The van der Waals surface area contributed by atoms with E-state index in [1.807, 2.05) is 60.7 Å². The summed E-state index contributed by atoms with van der Waals surface area (Å²) in [5.41, 5.74) is 2.91. The number of H-pyrrole nitrogens is 1. The second-order valence-electron chi connectivity index (χ2n) is 5.46. The van der Waals surface area contributed by atoms with Gasteiger partial charge in [-0.1, -0.05) is 42.5 Å². The number of pyridine rings is 1. The lowest BCUT2D eigenvalue weighted by Gasteiger charge is -2.07. The highest BCUT2D eigenvalue weighted by Gasteiger charge is 2.00. The number of aromatic amines is 1. The summed E-state index contributed by atoms with van der Waals surface area (Å²) < 4.78 is 5.82. The van der Waals surface area contributed by atoms with Crippen LogP contribution in [0.3, 0.4) is 0 Å². The van der Waals surface area contributed by atoms with E-state index in [-0.39, 0.29) is 12.4 Å². The van der Waals surface area contributed by atoms with Gasteiger partial charge in [0.1, 0.15) is 12.4 Å². The largest absolute Gasteiger partial charge is 0.487 e. The van der Waals surface area contributed by atoms with E-state index in [4.69, 9.17) is 4.74 Å². The predicted octanol–water partition coefficient (Wildman–Crippen LogP) is 3.92. The smallest absolute Gasteiger partial charge is 0.197 e. The van der Waals surface area contributed by atoms with E-state index in [1.54, 1.807) is 6.08 Å². The number of halogens is 1. The SMILES string of the molecule is C(=Cc1nn[nH]n1)c1ccc(OCc2ccc3ccccc3n2)cc1.Cl. The van der Waals surface area contributed by atoms with Gasteiger partial charge in [-0.15, -0.1) is 22.6 Å². The number of fused-ring (bicyclic) bond motifs is 1. The normalized spacial score (nSPS) is 10.8. The van der Waals surface area contributed by atoms with Crippen LogP contribution in [0.4, 0.5) is 0 Å². The van der Waals surface area contributed by atoms with Gasteiger partial charge in [-0.05, 0) is 41.1 Å². The highest BCUT2D eigenvalue weighted by molar-refractivity contribution is 5.85. The maximum Gasteiger partial charge on any atom is 0.197 e. The Bertz CT molecular complexity index is 1000. The van der Waals surface area contributed by atoms with Gasteiger partial charge in [-0.3, -0.25) is 0 Å². The predicted molar refractivity (Wildman–Crippen MR) is 103 cm³/mol. The highest BCUT2D eigenvalue weighted by Crippen LogP contribution is 2.17. The summed E-state index contributed by atoms with van der Waals surface area (Å²) in [7, 11) is 0. The monoisotopic (exact) mass is 365 g/mol. The van der Waals surface area contributed by atoms with Crippen molar-refractivity contribution in [2.75, 3.05) is 0 Å². The van der Waals surface area contributed by atoms with Gasteiger partial charge >= 0.3 is 0 Å². The fourth-order valence-electron chi connectivity index (χ4n) is 2.43. The first-order chi connectivity index (χ1) is 12.4. The molecule has 26 heavy (non-hydrogen) atoms. The first kappa shape index (κ1) is 17.6. The van der Waals surface area contributed by atoms with Crippen LogP contribution in [-0.4, -0.2) is 25.6 Å². The summed E-state index contributed by atoms with van der Waals surface area (Å²) in [5.74, 6) is 1.34. The van der Waals surface area contributed by atoms with Crippen molar-refractivity contribution in [3.8, 4) is 5.75 Å². The van der Waals surface area contributed by atoms with Gasteiger partial charge < -0.3 is 4.74 Å². The molecule has 0 aliphatic rings. The van der Waals surface area contributed by atoms with Crippen molar-refractivity contribution >= 4 is 35.5 Å². The molecule has 2 aromatic carbocycles. The second-order valence-corrected chi connectivity index (χ2v) is 5.46. The number of nitrogens with one attached hydrogen (secondary N) is 1. The van der Waals surface area contributed by atoms with Gasteiger partial charge in [0, 0.05) is 5.39 Å². The van der Waals surface area contributed by atoms with Crippen molar-refractivity contribution in [1.82, 2.24) is 25.6 Å². The van der Waals surface area contributed by atoms with Gasteiger partial charge in [-0.2, -0.15) is 5.21 Å². The first-order valence-electron chi connectivity index (χ1n) is 7.86.